The zero-order chi connectivity index (χ0) is 12.3. The third-order valence-corrected chi connectivity index (χ3v) is 4.38. The number of unbranched alkanes of at least 4 members (excludes halogenated alkanes) is 9. The van der Waals surface area contributed by atoms with E-state index in [4.69, 9.17) is 1.23 Å². The smallest absolute Gasteiger partial charge is 0.0305 e. The zero-order valence-electron chi connectivity index (χ0n) is 12.3. The molecule has 0 aromatic heterocycles. The predicted molar refractivity (Wildman–Crippen MR) is 75.5 cm³/mol. The van der Waals surface area contributed by atoms with E-state index in [1.165, 1.54) is 70.3 Å². The van der Waals surface area contributed by atoms with Gasteiger partial charge in [-0.2, -0.15) is 0 Å². The van der Waals surface area contributed by atoms with Crippen molar-refractivity contribution in [2.75, 3.05) is 0 Å². The summed E-state index contributed by atoms with van der Waals surface area (Å²) in [5.41, 5.74) is 0. The molecule has 0 amide bonds. The van der Waals surface area contributed by atoms with Gasteiger partial charge in [0.1, 0.15) is 0 Å². The van der Waals surface area contributed by atoms with E-state index in [0.717, 1.165) is 0 Å². The zero-order valence-corrected chi connectivity index (χ0v) is 12.3. The molecule has 0 N–H and O–H groups in total. The molecule has 0 aliphatic heterocycles. The molecule has 0 saturated carbocycles. The number of hydrogen-bond acceptors (Lipinski definition) is 0. The maximum absolute atomic E-state index is 7.88. The van der Waals surface area contributed by atoms with Crippen LogP contribution < -0.4 is 0 Å². The molecule has 0 aromatic rings. The van der Waals surface area contributed by atoms with E-state index in [1.807, 2.05) is 0 Å². The molecule has 0 nitrogen and oxygen atoms in total. The molecule has 92 valence electrons. The third-order valence-electron chi connectivity index (χ3n) is 3.03. The normalized spacial score (nSPS) is 12.9. The predicted octanol–water partition coefficient (Wildman–Crippen LogP) is 5.39. The van der Waals surface area contributed by atoms with Crippen LogP contribution in [0.1, 0.15) is 71.1 Å². The van der Waals surface area contributed by atoms with Crippen molar-refractivity contribution in [2.24, 2.45) is 0 Å². The summed E-state index contributed by atoms with van der Waals surface area (Å²) in [5, 5.41) is 0. The molecule has 0 spiro atoms. The maximum atomic E-state index is 7.88. The Labute approximate surface area is 101 Å². The molecule has 0 aliphatic rings. The van der Waals surface area contributed by atoms with Gasteiger partial charge in [0.15, 0.2) is 0 Å². The lowest BCUT2D eigenvalue weighted by atomic mass is 10.1. The monoisotopic (exact) mass is 229 g/mol. The molecular weight excluding hydrogens is 196 g/mol. The van der Waals surface area contributed by atoms with Gasteiger partial charge in [-0.1, -0.05) is 90.3 Å². The number of hydrogen-bond donors (Lipinski definition) is 0. The summed E-state index contributed by atoms with van der Waals surface area (Å²) in [4.78, 5) is 0. The molecule has 0 unspecified atom stereocenters. The molecular formula is C14H32Si. The highest BCUT2D eigenvalue weighted by Crippen LogP contribution is 2.11. The molecule has 0 aliphatic carbocycles. The summed E-state index contributed by atoms with van der Waals surface area (Å²) >= 11 is 0. The van der Waals surface area contributed by atoms with E-state index in [1.54, 1.807) is 0 Å². The summed E-state index contributed by atoms with van der Waals surface area (Å²) in [7, 11) is -1.50. The molecule has 0 saturated heterocycles. The molecule has 15 heavy (non-hydrogen) atoms. The highest BCUT2D eigenvalue weighted by molar-refractivity contribution is 6.55. The fourth-order valence-electron chi connectivity index (χ4n) is 1.97. The highest BCUT2D eigenvalue weighted by atomic mass is 28.3. The van der Waals surface area contributed by atoms with Crippen LogP contribution in [0.25, 0.3) is 0 Å². The highest BCUT2D eigenvalue weighted by Gasteiger charge is 1.95. The SMILES string of the molecule is [2H][Si](C)(C)CCCCCCCCCCCC. The molecule has 0 atom stereocenters. The van der Waals surface area contributed by atoms with Crippen molar-refractivity contribution < 1.29 is 0 Å². The van der Waals surface area contributed by atoms with Crippen molar-refractivity contribution in [3.63, 3.8) is 0 Å². The molecule has 1 heteroatoms. The summed E-state index contributed by atoms with van der Waals surface area (Å²) < 4.78 is 7.88. The minimum atomic E-state index is -1.50. The van der Waals surface area contributed by atoms with Gasteiger partial charge in [-0.15, -0.1) is 0 Å². The quantitative estimate of drug-likeness (QED) is 0.329. The first-order chi connectivity index (χ1) is 7.56. The largest absolute Gasteiger partial charge is 0.0722 e. The standard InChI is InChI=1S/C14H32Si/c1-4-5-6-7-8-9-10-11-12-13-14-15(2)3/h15H,4-14H2,1-3H3/i15D. The Kier molecular flexibility index (Phi) is 10.9. The van der Waals surface area contributed by atoms with Gasteiger partial charge in [0.2, 0.25) is 0 Å². The van der Waals surface area contributed by atoms with Crippen molar-refractivity contribution >= 4 is 8.73 Å². The minimum absolute atomic E-state index is 1.20. The van der Waals surface area contributed by atoms with Crippen LogP contribution in [0, 0.1) is 0 Å². The molecule has 0 bridgehead atoms. The average Bonchev–Trinajstić information content (AvgIpc) is 2.19. The third kappa shape index (κ3) is 14.2. The van der Waals surface area contributed by atoms with Crippen LogP contribution in [0.15, 0.2) is 0 Å². The first-order valence-corrected chi connectivity index (χ1v) is 9.77. The lowest BCUT2D eigenvalue weighted by Gasteiger charge is -2.03. The lowest BCUT2D eigenvalue weighted by molar-refractivity contribution is 0.562. The van der Waals surface area contributed by atoms with Crippen LogP contribution in [0.5, 0.6) is 0 Å². The fraction of sp³-hybridized carbons (Fsp3) is 1.00. The van der Waals surface area contributed by atoms with Crippen molar-refractivity contribution in [1.82, 2.24) is 0 Å². The Morgan fingerprint density at radius 1 is 0.733 bits per heavy atom. The first kappa shape index (κ1) is 13.3. The van der Waals surface area contributed by atoms with Gasteiger partial charge < -0.3 is 0 Å². The summed E-state index contributed by atoms with van der Waals surface area (Å²) in [6.07, 6.45) is 14.0. The van der Waals surface area contributed by atoms with Crippen LogP contribution >= 0.6 is 0 Å². The van der Waals surface area contributed by atoms with E-state index in [-0.39, 0.29) is 0 Å². The fourth-order valence-corrected chi connectivity index (χ4v) is 2.92. The van der Waals surface area contributed by atoms with Gasteiger partial charge in [0, 0.05) is 9.96 Å². The van der Waals surface area contributed by atoms with E-state index in [9.17, 15) is 0 Å². The first-order valence-electron chi connectivity index (χ1n) is 7.56. The summed E-state index contributed by atoms with van der Waals surface area (Å²) in [6, 6.07) is 1.20. The van der Waals surface area contributed by atoms with Gasteiger partial charge in [0.05, 0.1) is 0 Å². The number of rotatable bonds is 11. The average molecular weight is 230 g/mol. The van der Waals surface area contributed by atoms with Crippen LogP contribution in [0.4, 0.5) is 0 Å². The van der Waals surface area contributed by atoms with Crippen molar-refractivity contribution in [3.05, 3.63) is 0 Å². The van der Waals surface area contributed by atoms with Gasteiger partial charge in [-0.05, 0) is 0 Å². The van der Waals surface area contributed by atoms with Crippen molar-refractivity contribution in [2.45, 2.75) is 90.3 Å². The van der Waals surface area contributed by atoms with Crippen LogP contribution in [0.3, 0.4) is 0 Å². The second-order valence-corrected chi connectivity index (χ2v) is 8.05. The Morgan fingerprint density at radius 3 is 1.53 bits per heavy atom. The Bertz CT molecular complexity index is 140. The minimum Gasteiger partial charge on any atom is -0.0722 e. The molecule has 0 radical (unpaired) electrons. The van der Waals surface area contributed by atoms with Gasteiger partial charge in [-0.3, -0.25) is 0 Å². The van der Waals surface area contributed by atoms with E-state index < -0.39 is 8.73 Å². The molecule has 0 fully saturated rings. The van der Waals surface area contributed by atoms with Crippen LogP contribution in [0.2, 0.25) is 19.1 Å². The summed E-state index contributed by atoms with van der Waals surface area (Å²) in [6.45, 7) is 6.58. The van der Waals surface area contributed by atoms with Gasteiger partial charge in [0.25, 0.3) is 0 Å². The molecule has 0 rings (SSSR count). The second-order valence-electron chi connectivity index (χ2n) is 5.14. The van der Waals surface area contributed by atoms with E-state index in [0.29, 0.717) is 0 Å². The van der Waals surface area contributed by atoms with Crippen molar-refractivity contribution in [1.29, 1.82) is 1.23 Å². The maximum Gasteiger partial charge on any atom is 0.0305 e. The van der Waals surface area contributed by atoms with Crippen molar-refractivity contribution in [3.8, 4) is 0 Å². The Hall–Kier alpha value is 0.217. The van der Waals surface area contributed by atoms with Crippen LogP contribution in [-0.4, -0.2) is 9.96 Å². The second kappa shape index (κ2) is 12.3. The van der Waals surface area contributed by atoms with Gasteiger partial charge >= 0.3 is 0 Å². The topological polar surface area (TPSA) is 0 Å². The Balaban J connectivity index is 2.99. The van der Waals surface area contributed by atoms with E-state index >= 15 is 0 Å². The Morgan fingerprint density at radius 2 is 1.13 bits per heavy atom. The molecule has 0 aromatic carbocycles. The summed E-state index contributed by atoms with van der Waals surface area (Å²) in [5.74, 6) is 0. The lowest BCUT2D eigenvalue weighted by Crippen LogP contribution is -1.97. The molecule has 0 heterocycles. The van der Waals surface area contributed by atoms with Gasteiger partial charge in [-0.25, -0.2) is 0 Å². The van der Waals surface area contributed by atoms with Crippen LogP contribution in [-0.2, 0) is 0 Å². The van der Waals surface area contributed by atoms with E-state index in [2.05, 4.69) is 20.0 Å².